The fraction of sp³-hybridized carbons (Fsp3) is 0.826. The van der Waals surface area contributed by atoms with E-state index < -0.39 is 0 Å². The summed E-state index contributed by atoms with van der Waals surface area (Å²) in [5.41, 5.74) is 1.86. The molecule has 4 fully saturated rings. The van der Waals surface area contributed by atoms with Crippen LogP contribution in [0.1, 0.15) is 72.1 Å². The smallest absolute Gasteiger partial charge is 0.305 e. The summed E-state index contributed by atoms with van der Waals surface area (Å²) in [6, 6.07) is 0. The fourth-order valence-corrected chi connectivity index (χ4v) is 7.91. The van der Waals surface area contributed by atoms with Crippen molar-refractivity contribution in [3.8, 4) is 0 Å². The van der Waals surface area contributed by atoms with Gasteiger partial charge in [0.2, 0.25) is 0 Å². The van der Waals surface area contributed by atoms with Crippen molar-refractivity contribution in [2.75, 3.05) is 0 Å². The summed E-state index contributed by atoms with van der Waals surface area (Å²) in [4.78, 5) is 24.0. The number of esters is 1. The summed E-state index contributed by atoms with van der Waals surface area (Å²) in [6.07, 6.45) is 10.4. The van der Waals surface area contributed by atoms with E-state index in [9.17, 15) is 9.59 Å². The van der Waals surface area contributed by atoms with E-state index in [2.05, 4.69) is 13.8 Å². The fourth-order valence-electron chi connectivity index (χ4n) is 7.91. The van der Waals surface area contributed by atoms with Gasteiger partial charge in [-0.3, -0.25) is 9.59 Å². The molecule has 3 nitrogen and oxygen atoms in total. The highest BCUT2D eigenvalue weighted by molar-refractivity contribution is 5.91. The van der Waals surface area contributed by atoms with Gasteiger partial charge in [0.1, 0.15) is 6.10 Å². The van der Waals surface area contributed by atoms with Crippen LogP contribution in [0.15, 0.2) is 11.6 Å². The Kier molecular flexibility index (Phi) is 3.57. The molecule has 4 saturated carbocycles. The van der Waals surface area contributed by atoms with E-state index in [0.29, 0.717) is 18.1 Å². The van der Waals surface area contributed by atoms with Gasteiger partial charge in [-0.2, -0.15) is 0 Å². The molecule has 0 bridgehead atoms. The molecule has 0 aliphatic heterocycles. The summed E-state index contributed by atoms with van der Waals surface area (Å²) in [5, 5.41) is 0. The van der Waals surface area contributed by atoms with E-state index in [1.165, 1.54) is 31.3 Å². The minimum Gasteiger partial charge on any atom is -0.461 e. The Balaban J connectivity index is 1.46. The molecule has 5 rings (SSSR count). The number of hydrogen-bond acceptors (Lipinski definition) is 3. The molecule has 0 radical (unpaired) electrons. The highest BCUT2D eigenvalue weighted by Crippen LogP contribution is 2.74. The highest BCUT2D eigenvalue weighted by atomic mass is 16.5. The first-order valence-corrected chi connectivity index (χ1v) is 10.8. The molecular formula is C23H32O3. The SMILES string of the molecule is CCC(=O)OC1C2CC2C2C3CCC4=CC(=O)CCC4(C)C3CCC12C. The van der Waals surface area contributed by atoms with Crippen LogP contribution in [0.5, 0.6) is 0 Å². The third kappa shape index (κ3) is 2.12. The Hall–Kier alpha value is -1.12. The van der Waals surface area contributed by atoms with Crippen LogP contribution in [0.25, 0.3) is 0 Å². The molecule has 0 amide bonds. The number of rotatable bonds is 2. The van der Waals surface area contributed by atoms with E-state index >= 15 is 0 Å². The van der Waals surface area contributed by atoms with Crippen LogP contribution in [0, 0.1) is 40.4 Å². The molecule has 142 valence electrons. The van der Waals surface area contributed by atoms with E-state index in [4.69, 9.17) is 4.74 Å². The maximum absolute atomic E-state index is 12.0. The molecule has 8 atom stereocenters. The third-order valence-electron chi connectivity index (χ3n) is 9.20. The lowest BCUT2D eigenvalue weighted by molar-refractivity contribution is -0.163. The zero-order valence-corrected chi connectivity index (χ0v) is 16.4. The van der Waals surface area contributed by atoms with Crippen LogP contribution < -0.4 is 0 Å². The summed E-state index contributed by atoms with van der Waals surface area (Å²) >= 11 is 0. The lowest BCUT2D eigenvalue weighted by Gasteiger charge is -2.58. The van der Waals surface area contributed by atoms with E-state index in [-0.39, 0.29) is 22.9 Å². The third-order valence-corrected chi connectivity index (χ3v) is 9.20. The molecule has 0 aromatic heterocycles. The highest BCUT2D eigenvalue weighted by Gasteiger charge is 2.71. The monoisotopic (exact) mass is 356 g/mol. The van der Waals surface area contributed by atoms with Gasteiger partial charge in [0.25, 0.3) is 0 Å². The summed E-state index contributed by atoms with van der Waals surface area (Å²) in [7, 11) is 0. The van der Waals surface area contributed by atoms with Gasteiger partial charge in [-0.15, -0.1) is 0 Å². The second-order valence-corrected chi connectivity index (χ2v) is 10.3. The van der Waals surface area contributed by atoms with Crippen LogP contribution in [-0.4, -0.2) is 17.9 Å². The number of carbonyl (C=O) groups excluding carboxylic acids is 2. The minimum atomic E-state index is -0.0173. The molecule has 3 heteroatoms. The van der Waals surface area contributed by atoms with Crippen molar-refractivity contribution in [2.24, 2.45) is 40.4 Å². The number of ether oxygens (including phenoxy) is 1. The number of ketones is 1. The van der Waals surface area contributed by atoms with E-state index in [1.807, 2.05) is 13.0 Å². The number of hydrogen-bond donors (Lipinski definition) is 0. The Labute approximate surface area is 156 Å². The second-order valence-electron chi connectivity index (χ2n) is 10.3. The molecule has 5 aliphatic carbocycles. The lowest BCUT2D eigenvalue weighted by Crippen LogP contribution is -2.53. The van der Waals surface area contributed by atoms with Crippen LogP contribution in [0.4, 0.5) is 0 Å². The number of fused-ring (bicyclic) bond motifs is 7. The van der Waals surface area contributed by atoms with Crippen LogP contribution in [0.3, 0.4) is 0 Å². The van der Waals surface area contributed by atoms with Crippen molar-refractivity contribution in [3.63, 3.8) is 0 Å². The van der Waals surface area contributed by atoms with Gasteiger partial charge in [-0.1, -0.05) is 26.3 Å². The molecule has 0 saturated heterocycles. The first kappa shape index (κ1) is 17.0. The van der Waals surface area contributed by atoms with Gasteiger partial charge in [0, 0.05) is 18.3 Å². The first-order chi connectivity index (χ1) is 12.4. The van der Waals surface area contributed by atoms with Crippen LogP contribution in [-0.2, 0) is 14.3 Å². The predicted molar refractivity (Wildman–Crippen MR) is 99.2 cm³/mol. The maximum Gasteiger partial charge on any atom is 0.305 e. The molecule has 5 aliphatic rings. The number of carbonyl (C=O) groups is 2. The van der Waals surface area contributed by atoms with Gasteiger partial charge in [-0.05, 0) is 79.6 Å². The van der Waals surface area contributed by atoms with Crippen molar-refractivity contribution in [1.29, 1.82) is 0 Å². The summed E-state index contributed by atoms with van der Waals surface area (Å²) in [6.45, 7) is 6.77. The summed E-state index contributed by atoms with van der Waals surface area (Å²) < 4.78 is 6.02. The van der Waals surface area contributed by atoms with Crippen molar-refractivity contribution < 1.29 is 14.3 Å². The van der Waals surface area contributed by atoms with Crippen molar-refractivity contribution >= 4 is 11.8 Å². The second kappa shape index (κ2) is 5.45. The minimum absolute atomic E-state index is 0.0173. The van der Waals surface area contributed by atoms with Crippen LogP contribution >= 0.6 is 0 Å². The zero-order chi connectivity index (χ0) is 18.3. The molecule has 0 aromatic rings. The Bertz CT molecular complexity index is 694. The normalized spacial score (nSPS) is 51.5. The maximum atomic E-state index is 12.0. The average molecular weight is 357 g/mol. The molecule has 0 spiro atoms. The molecule has 8 unspecified atom stereocenters. The molecular weight excluding hydrogens is 324 g/mol. The standard InChI is InChI=1S/C23H32O3/c1-4-19(25)26-21-17-12-16(17)20-15-6-5-13-11-14(24)7-9-22(13,2)18(15)8-10-23(20,21)3/h11,15-18,20-21H,4-10,12H2,1-3H3. The zero-order valence-electron chi connectivity index (χ0n) is 16.4. The Morgan fingerprint density at radius 1 is 1.15 bits per heavy atom. The van der Waals surface area contributed by atoms with Crippen LogP contribution in [0.2, 0.25) is 0 Å². The van der Waals surface area contributed by atoms with Crippen molar-refractivity contribution in [1.82, 2.24) is 0 Å². The average Bonchev–Trinajstić information content (AvgIpc) is 3.34. The molecule has 0 heterocycles. The lowest BCUT2D eigenvalue weighted by atomic mass is 9.46. The molecule has 0 aromatic carbocycles. The van der Waals surface area contributed by atoms with Gasteiger partial charge < -0.3 is 4.74 Å². The first-order valence-electron chi connectivity index (χ1n) is 10.8. The number of allylic oxidation sites excluding steroid dienone is 1. The van der Waals surface area contributed by atoms with Gasteiger partial charge >= 0.3 is 5.97 Å². The predicted octanol–water partition coefficient (Wildman–Crippen LogP) is 4.70. The van der Waals surface area contributed by atoms with E-state index in [0.717, 1.165) is 42.9 Å². The van der Waals surface area contributed by atoms with Gasteiger partial charge in [0.15, 0.2) is 5.78 Å². The van der Waals surface area contributed by atoms with E-state index in [1.54, 1.807) is 0 Å². The molecule has 0 N–H and O–H groups in total. The van der Waals surface area contributed by atoms with Gasteiger partial charge in [-0.25, -0.2) is 0 Å². The molecule has 26 heavy (non-hydrogen) atoms. The van der Waals surface area contributed by atoms with Gasteiger partial charge in [0.05, 0.1) is 0 Å². The largest absolute Gasteiger partial charge is 0.461 e. The topological polar surface area (TPSA) is 43.4 Å². The van der Waals surface area contributed by atoms with Crippen molar-refractivity contribution in [3.05, 3.63) is 11.6 Å². The summed E-state index contributed by atoms with van der Waals surface area (Å²) in [5.74, 6) is 3.91. The van der Waals surface area contributed by atoms with Crippen molar-refractivity contribution in [2.45, 2.75) is 78.2 Å². The quantitative estimate of drug-likeness (QED) is 0.674. The Morgan fingerprint density at radius 2 is 1.96 bits per heavy atom. The Morgan fingerprint density at radius 3 is 2.73 bits per heavy atom.